The zero-order valence-corrected chi connectivity index (χ0v) is 9.08. The van der Waals surface area contributed by atoms with Gasteiger partial charge in [-0.3, -0.25) is 9.59 Å². The largest absolute Gasteiger partial charge is 0.380 e. The van der Waals surface area contributed by atoms with Gasteiger partial charge in [0.1, 0.15) is 0 Å². The number of Topliss-reactive ketones (excluding diaryl/α,β-unsaturated/α-hetero) is 1. The van der Waals surface area contributed by atoms with Crippen molar-refractivity contribution in [2.75, 3.05) is 0 Å². The van der Waals surface area contributed by atoms with Crippen LogP contribution < -0.4 is 10.6 Å². The summed E-state index contributed by atoms with van der Waals surface area (Å²) in [7, 11) is 0. The van der Waals surface area contributed by atoms with Crippen molar-refractivity contribution in [1.29, 1.82) is 0 Å². The van der Waals surface area contributed by atoms with E-state index in [0.717, 1.165) is 19.3 Å². The minimum atomic E-state index is -0.425. The van der Waals surface area contributed by atoms with Crippen molar-refractivity contribution in [2.24, 2.45) is 0 Å². The van der Waals surface area contributed by atoms with E-state index in [0.29, 0.717) is 24.6 Å². The van der Waals surface area contributed by atoms with Crippen molar-refractivity contribution >= 4 is 12.2 Å². The Kier molecular flexibility index (Phi) is 4.34. The lowest BCUT2D eigenvalue weighted by Crippen LogP contribution is -2.39. The van der Waals surface area contributed by atoms with Crippen LogP contribution in [0.5, 0.6) is 0 Å². The molecule has 15 heavy (non-hydrogen) atoms. The van der Waals surface area contributed by atoms with Gasteiger partial charge in [-0.05, 0) is 19.3 Å². The first kappa shape index (κ1) is 11.8. The van der Waals surface area contributed by atoms with E-state index in [1.807, 2.05) is 6.92 Å². The molecule has 0 radical (unpaired) electrons. The standard InChI is InChI=1S/C11H18N2O2/c1-3-4-10(12-7-14)11(15)8(2)13-9-5-6-9/h7,9-10,13H,2-6H2,1H3,(H,12,14)/t10-/m0/s1. The lowest BCUT2D eigenvalue weighted by Gasteiger charge is -2.16. The number of ketones is 1. The zero-order chi connectivity index (χ0) is 11.3. The normalized spacial score (nSPS) is 16.6. The molecule has 1 saturated carbocycles. The first-order valence-electron chi connectivity index (χ1n) is 5.38. The molecule has 0 unspecified atom stereocenters. The van der Waals surface area contributed by atoms with E-state index in [4.69, 9.17) is 0 Å². The average Bonchev–Trinajstić information content (AvgIpc) is 3.00. The van der Waals surface area contributed by atoms with Gasteiger partial charge >= 0.3 is 0 Å². The quantitative estimate of drug-likeness (QED) is 0.459. The third kappa shape index (κ3) is 3.73. The molecule has 4 nitrogen and oxygen atoms in total. The van der Waals surface area contributed by atoms with Crippen LogP contribution in [0.1, 0.15) is 32.6 Å². The van der Waals surface area contributed by atoms with E-state index in [9.17, 15) is 9.59 Å². The molecule has 4 heteroatoms. The molecule has 0 saturated heterocycles. The minimum absolute atomic E-state index is 0.101. The van der Waals surface area contributed by atoms with Crippen molar-refractivity contribution in [3.8, 4) is 0 Å². The zero-order valence-electron chi connectivity index (χ0n) is 9.08. The van der Waals surface area contributed by atoms with Gasteiger partial charge in [0.25, 0.3) is 0 Å². The van der Waals surface area contributed by atoms with Gasteiger partial charge in [0.15, 0.2) is 5.78 Å². The van der Waals surface area contributed by atoms with Crippen LogP contribution in [0.25, 0.3) is 0 Å². The van der Waals surface area contributed by atoms with Crippen LogP contribution in [-0.2, 0) is 9.59 Å². The Bertz CT molecular complexity index is 259. The molecule has 1 aliphatic rings. The van der Waals surface area contributed by atoms with Crippen molar-refractivity contribution in [3.63, 3.8) is 0 Å². The molecule has 1 amide bonds. The molecule has 0 bridgehead atoms. The summed E-state index contributed by atoms with van der Waals surface area (Å²) in [5.74, 6) is -0.101. The number of carbonyl (C=O) groups excluding carboxylic acids is 2. The van der Waals surface area contributed by atoms with Gasteiger partial charge in [-0.1, -0.05) is 19.9 Å². The number of hydrogen-bond acceptors (Lipinski definition) is 3. The molecular weight excluding hydrogens is 192 g/mol. The summed E-state index contributed by atoms with van der Waals surface area (Å²) in [5, 5.41) is 5.58. The van der Waals surface area contributed by atoms with Crippen LogP contribution >= 0.6 is 0 Å². The third-order valence-corrected chi connectivity index (χ3v) is 2.42. The van der Waals surface area contributed by atoms with Crippen molar-refractivity contribution < 1.29 is 9.59 Å². The minimum Gasteiger partial charge on any atom is -0.380 e. The fourth-order valence-corrected chi connectivity index (χ4v) is 1.42. The van der Waals surface area contributed by atoms with Gasteiger partial charge in [-0.2, -0.15) is 0 Å². The van der Waals surface area contributed by atoms with Crippen molar-refractivity contribution in [1.82, 2.24) is 10.6 Å². The number of carbonyl (C=O) groups is 2. The summed E-state index contributed by atoms with van der Waals surface area (Å²) in [6, 6.07) is -0.00814. The second-order valence-corrected chi connectivity index (χ2v) is 3.89. The number of hydrogen-bond donors (Lipinski definition) is 2. The molecule has 0 aliphatic heterocycles. The van der Waals surface area contributed by atoms with Crippen LogP contribution in [0.15, 0.2) is 12.3 Å². The highest BCUT2D eigenvalue weighted by molar-refractivity contribution is 5.99. The first-order valence-corrected chi connectivity index (χ1v) is 5.38. The maximum Gasteiger partial charge on any atom is 0.207 e. The maximum absolute atomic E-state index is 11.8. The van der Waals surface area contributed by atoms with Crippen molar-refractivity contribution in [3.05, 3.63) is 12.3 Å². The fourth-order valence-electron chi connectivity index (χ4n) is 1.42. The molecule has 1 atom stereocenters. The molecule has 0 spiro atoms. The molecule has 1 aliphatic carbocycles. The average molecular weight is 210 g/mol. The van der Waals surface area contributed by atoms with E-state index >= 15 is 0 Å². The SMILES string of the molecule is C=C(NC1CC1)C(=O)[C@H](CCC)NC=O. The van der Waals surface area contributed by atoms with E-state index in [1.165, 1.54) is 0 Å². The topological polar surface area (TPSA) is 58.2 Å². The van der Waals surface area contributed by atoms with Gasteiger partial charge in [-0.25, -0.2) is 0 Å². The number of amides is 1. The van der Waals surface area contributed by atoms with Crippen molar-refractivity contribution in [2.45, 2.75) is 44.7 Å². The number of nitrogens with one attached hydrogen (secondary N) is 2. The Hall–Kier alpha value is -1.32. The van der Waals surface area contributed by atoms with E-state index in [1.54, 1.807) is 0 Å². The highest BCUT2D eigenvalue weighted by atomic mass is 16.1. The van der Waals surface area contributed by atoms with E-state index < -0.39 is 6.04 Å². The highest BCUT2D eigenvalue weighted by Gasteiger charge is 2.26. The Morgan fingerprint density at radius 3 is 2.73 bits per heavy atom. The molecular formula is C11H18N2O2. The Morgan fingerprint density at radius 1 is 1.60 bits per heavy atom. The summed E-state index contributed by atoms with van der Waals surface area (Å²) < 4.78 is 0. The molecule has 0 heterocycles. The summed E-state index contributed by atoms with van der Waals surface area (Å²) in [5.41, 5.74) is 0.422. The van der Waals surface area contributed by atoms with Gasteiger partial charge in [-0.15, -0.1) is 0 Å². The summed E-state index contributed by atoms with van der Waals surface area (Å²) >= 11 is 0. The molecule has 0 aromatic heterocycles. The molecule has 84 valence electrons. The maximum atomic E-state index is 11.8. The van der Waals surface area contributed by atoms with Crippen LogP contribution in [-0.4, -0.2) is 24.3 Å². The lowest BCUT2D eigenvalue weighted by molar-refractivity contribution is -0.121. The smallest absolute Gasteiger partial charge is 0.207 e. The van der Waals surface area contributed by atoms with Crippen LogP contribution in [0, 0.1) is 0 Å². The first-order chi connectivity index (χ1) is 7.19. The van der Waals surface area contributed by atoms with Gasteiger partial charge in [0, 0.05) is 6.04 Å². The lowest BCUT2D eigenvalue weighted by atomic mass is 10.1. The Balaban J connectivity index is 2.44. The third-order valence-electron chi connectivity index (χ3n) is 2.42. The van der Waals surface area contributed by atoms with Gasteiger partial charge in [0.05, 0.1) is 11.7 Å². The monoisotopic (exact) mass is 210 g/mol. The predicted molar refractivity (Wildman–Crippen MR) is 58.2 cm³/mol. The highest BCUT2D eigenvalue weighted by Crippen LogP contribution is 2.20. The fraction of sp³-hybridized carbons (Fsp3) is 0.636. The predicted octanol–water partition coefficient (Wildman–Crippen LogP) is 0.736. The molecule has 1 rings (SSSR count). The van der Waals surface area contributed by atoms with E-state index in [-0.39, 0.29) is 5.78 Å². The summed E-state index contributed by atoms with van der Waals surface area (Å²) in [4.78, 5) is 22.1. The Morgan fingerprint density at radius 2 is 2.27 bits per heavy atom. The van der Waals surface area contributed by atoms with E-state index in [2.05, 4.69) is 17.2 Å². The molecule has 2 N–H and O–H groups in total. The van der Waals surface area contributed by atoms with Gasteiger partial charge in [0.2, 0.25) is 6.41 Å². The summed E-state index contributed by atoms with van der Waals surface area (Å²) in [6.07, 6.45) is 4.29. The molecule has 0 aromatic rings. The van der Waals surface area contributed by atoms with Crippen LogP contribution in [0.3, 0.4) is 0 Å². The second-order valence-electron chi connectivity index (χ2n) is 3.89. The van der Waals surface area contributed by atoms with Gasteiger partial charge < -0.3 is 10.6 Å². The Labute approximate surface area is 90.1 Å². The van der Waals surface area contributed by atoms with Crippen LogP contribution in [0.4, 0.5) is 0 Å². The second kappa shape index (κ2) is 5.53. The molecule has 1 fully saturated rings. The number of rotatable bonds is 8. The molecule has 0 aromatic carbocycles. The van der Waals surface area contributed by atoms with Crippen LogP contribution in [0.2, 0.25) is 0 Å². The summed E-state index contributed by atoms with van der Waals surface area (Å²) in [6.45, 7) is 5.68.